The topological polar surface area (TPSA) is 52.7 Å². The van der Waals surface area contributed by atoms with Crippen molar-refractivity contribution in [2.75, 3.05) is 24.7 Å². The lowest BCUT2D eigenvalue weighted by atomic mass is 10.1. The van der Waals surface area contributed by atoms with Gasteiger partial charge >= 0.3 is 0 Å². The minimum absolute atomic E-state index is 0.0815. The minimum atomic E-state index is -0.415. The lowest BCUT2D eigenvalue weighted by Crippen LogP contribution is -2.47. The number of benzene rings is 2. The maximum absolute atomic E-state index is 12.7. The zero-order valence-corrected chi connectivity index (χ0v) is 17.4. The van der Waals surface area contributed by atoms with Gasteiger partial charge in [-0.3, -0.25) is 14.5 Å². The Hall–Kier alpha value is -2.31. The zero-order valence-electron chi connectivity index (χ0n) is 16.5. The highest BCUT2D eigenvalue weighted by Crippen LogP contribution is 2.23. The zero-order chi connectivity index (χ0) is 20.1. The highest BCUT2D eigenvalue weighted by Gasteiger charge is 2.34. The highest BCUT2D eigenvalue weighted by atomic mass is 32.2. The molecule has 2 aromatic rings. The van der Waals surface area contributed by atoms with Crippen LogP contribution < -0.4 is 5.32 Å². The van der Waals surface area contributed by atoms with Gasteiger partial charge in [0.1, 0.15) is 6.04 Å². The number of carbonyl (C=O) groups excluding carboxylic acids is 2. The number of hydrogen-bond donors (Lipinski definition) is 1. The molecule has 29 heavy (non-hydrogen) atoms. The molecule has 0 radical (unpaired) electrons. The maximum atomic E-state index is 12.7. The van der Waals surface area contributed by atoms with Crippen molar-refractivity contribution in [1.82, 2.24) is 15.1 Å². The standard InChI is InChI=1S/C23H27N3O2S/c27-22(21-16-29-17-26(21)23(28)20-6-2-1-3-7-20)24-14-18-8-10-19(11-9-18)15-25-12-4-5-13-25/h1-3,6-11,21H,4-5,12-17H2,(H,24,27). The number of rotatable bonds is 6. The largest absolute Gasteiger partial charge is 0.350 e. The van der Waals surface area contributed by atoms with E-state index in [1.54, 1.807) is 28.8 Å². The Morgan fingerprint density at radius 1 is 0.966 bits per heavy atom. The molecular weight excluding hydrogens is 382 g/mol. The number of amides is 2. The van der Waals surface area contributed by atoms with E-state index in [0.717, 1.165) is 12.1 Å². The first-order valence-electron chi connectivity index (χ1n) is 10.2. The van der Waals surface area contributed by atoms with Crippen molar-refractivity contribution >= 4 is 23.6 Å². The van der Waals surface area contributed by atoms with E-state index in [9.17, 15) is 9.59 Å². The molecule has 0 spiro atoms. The predicted molar refractivity (Wildman–Crippen MR) is 117 cm³/mol. The number of nitrogens with zero attached hydrogens (tertiary/aromatic N) is 2. The number of nitrogens with one attached hydrogen (secondary N) is 1. The predicted octanol–water partition coefficient (Wildman–Crippen LogP) is 3.11. The normalized spacial score (nSPS) is 19.4. The molecule has 2 fully saturated rings. The first-order valence-corrected chi connectivity index (χ1v) is 11.4. The summed E-state index contributed by atoms with van der Waals surface area (Å²) in [6.07, 6.45) is 2.60. The second-order valence-electron chi connectivity index (χ2n) is 7.67. The smallest absolute Gasteiger partial charge is 0.255 e. The van der Waals surface area contributed by atoms with Crippen molar-refractivity contribution in [2.45, 2.75) is 32.0 Å². The van der Waals surface area contributed by atoms with E-state index in [4.69, 9.17) is 0 Å². The molecule has 1 unspecified atom stereocenters. The average Bonchev–Trinajstić information content (AvgIpc) is 3.45. The summed E-state index contributed by atoms with van der Waals surface area (Å²) in [5.74, 6) is 1.03. The van der Waals surface area contributed by atoms with Crippen LogP contribution in [0.5, 0.6) is 0 Å². The molecule has 152 valence electrons. The number of hydrogen-bond acceptors (Lipinski definition) is 4. The van der Waals surface area contributed by atoms with Crippen LogP contribution in [0.4, 0.5) is 0 Å². The molecule has 2 heterocycles. The van der Waals surface area contributed by atoms with Crippen LogP contribution >= 0.6 is 11.8 Å². The quantitative estimate of drug-likeness (QED) is 0.797. The molecule has 1 atom stereocenters. The number of carbonyl (C=O) groups is 2. The number of thioether (sulfide) groups is 1. The lowest BCUT2D eigenvalue weighted by Gasteiger charge is -2.23. The molecule has 0 saturated carbocycles. The fourth-order valence-corrected chi connectivity index (χ4v) is 5.03. The molecule has 2 amide bonds. The molecule has 2 aliphatic heterocycles. The van der Waals surface area contributed by atoms with Crippen molar-refractivity contribution in [3.05, 3.63) is 71.3 Å². The summed E-state index contributed by atoms with van der Waals surface area (Å²) in [7, 11) is 0. The van der Waals surface area contributed by atoms with Gasteiger partial charge in [0, 0.05) is 24.4 Å². The Bertz CT molecular complexity index is 835. The van der Waals surface area contributed by atoms with Crippen molar-refractivity contribution in [1.29, 1.82) is 0 Å². The summed E-state index contributed by atoms with van der Waals surface area (Å²) < 4.78 is 0. The summed E-state index contributed by atoms with van der Waals surface area (Å²) in [5.41, 5.74) is 3.02. The Morgan fingerprint density at radius 2 is 1.66 bits per heavy atom. The molecule has 0 aliphatic carbocycles. The van der Waals surface area contributed by atoms with Gasteiger partial charge in [-0.05, 0) is 49.2 Å². The summed E-state index contributed by atoms with van der Waals surface area (Å²) >= 11 is 1.62. The van der Waals surface area contributed by atoms with Crippen LogP contribution in [-0.4, -0.2) is 52.4 Å². The van der Waals surface area contributed by atoms with Crippen molar-refractivity contribution < 1.29 is 9.59 Å². The third-order valence-electron chi connectivity index (χ3n) is 5.56. The molecule has 1 N–H and O–H groups in total. The van der Waals surface area contributed by atoms with Crippen molar-refractivity contribution in [3.8, 4) is 0 Å². The second kappa shape index (κ2) is 9.46. The Balaban J connectivity index is 1.31. The van der Waals surface area contributed by atoms with Gasteiger partial charge in [-0.15, -0.1) is 11.8 Å². The molecule has 0 aromatic heterocycles. The maximum Gasteiger partial charge on any atom is 0.255 e. The van der Waals surface area contributed by atoms with E-state index in [0.29, 0.717) is 23.7 Å². The Kier molecular flexibility index (Phi) is 6.52. The molecule has 2 saturated heterocycles. The molecule has 0 bridgehead atoms. The van der Waals surface area contributed by atoms with Gasteiger partial charge < -0.3 is 10.2 Å². The molecule has 5 nitrogen and oxygen atoms in total. The third-order valence-corrected chi connectivity index (χ3v) is 6.57. The minimum Gasteiger partial charge on any atom is -0.350 e. The van der Waals surface area contributed by atoms with Gasteiger partial charge in [0.25, 0.3) is 5.91 Å². The van der Waals surface area contributed by atoms with E-state index in [1.807, 2.05) is 18.2 Å². The monoisotopic (exact) mass is 409 g/mol. The average molecular weight is 410 g/mol. The third kappa shape index (κ3) is 5.00. The molecular formula is C23H27N3O2S. The molecule has 2 aliphatic rings. The van der Waals surface area contributed by atoms with Gasteiger partial charge in [0.05, 0.1) is 5.88 Å². The van der Waals surface area contributed by atoms with E-state index in [2.05, 4.69) is 34.5 Å². The van der Waals surface area contributed by atoms with Crippen LogP contribution in [0.25, 0.3) is 0 Å². The summed E-state index contributed by atoms with van der Waals surface area (Å²) in [6, 6.07) is 17.2. The SMILES string of the molecule is O=C(NCc1ccc(CN2CCCC2)cc1)C1CSCN1C(=O)c1ccccc1. The molecule has 6 heteroatoms. The van der Waals surface area contributed by atoms with E-state index >= 15 is 0 Å². The fraction of sp³-hybridized carbons (Fsp3) is 0.391. The lowest BCUT2D eigenvalue weighted by molar-refractivity contribution is -0.124. The van der Waals surface area contributed by atoms with Gasteiger partial charge in [-0.25, -0.2) is 0 Å². The van der Waals surface area contributed by atoms with Crippen molar-refractivity contribution in [3.63, 3.8) is 0 Å². The molecule has 4 rings (SSSR count). The first kappa shape index (κ1) is 20.0. The molecule has 2 aromatic carbocycles. The van der Waals surface area contributed by atoms with Gasteiger partial charge in [-0.2, -0.15) is 0 Å². The van der Waals surface area contributed by atoms with E-state index in [1.165, 1.54) is 31.5 Å². The van der Waals surface area contributed by atoms with Crippen molar-refractivity contribution in [2.24, 2.45) is 0 Å². The van der Waals surface area contributed by atoms with Gasteiger partial charge in [0.2, 0.25) is 5.91 Å². The fourth-order valence-electron chi connectivity index (χ4n) is 3.88. The van der Waals surface area contributed by atoms with E-state index in [-0.39, 0.29) is 11.8 Å². The highest BCUT2D eigenvalue weighted by molar-refractivity contribution is 7.99. The van der Waals surface area contributed by atoms with Crippen LogP contribution in [-0.2, 0) is 17.9 Å². The number of likely N-dealkylation sites (tertiary alicyclic amines) is 1. The summed E-state index contributed by atoms with van der Waals surface area (Å²) in [5, 5.41) is 3.01. The summed E-state index contributed by atoms with van der Waals surface area (Å²) in [6.45, 7) is 3.87. The van der Waals surface area contributed by atoms with Gasteiger partial charge in [0.15, 0.2) is 0 Å². The van der Waals surface area contributed by atoms with Crippen LogP contribution in [0.3, 0.4) is 0 Å². The first-order chi connectivity index (χ1) is 14.2. The van der Waals surface area contributed by atoms with Gasteiger partial charge in [-0.1, -0.05) is 42.5 Å². The Morgan fingerprint density at radius 3 is 2.38 bits per heavy atom. The van der Waals surface area contributed by atoms with Crippen LogP contribution in [0, 0.1) is 0 Å². The van der Waals surface area contributed by atoms with Crippen LogP contribution in [0.1, 0.15) is 34.3 Å². The Labute approximate surface area is 176 Å². The summed E-state index contributed by atoms with van der Waals surface area (Å²) in [4.78, 5) is 29.6. The van der Waals surface area contributed by atoms with Crippen LogP contribution in [0.15, 0.2) is 54.6 Å². The van der Waals surface area contributed by atoms with E-state index < -0.39 is 6.04 Å². The van der Waals surface area contributed by atoms with Crippen LogP contribution in [0.2, 0.25) is 0 Å². The second-order valence-corrected chi connectivity index (χ2v) is 8.67.